The molecule has 150 valence electrons. The number of carbonyl (C=O) groups is 1. The number of carbonyl (C=O) groups excluding carboxylic acids is 1. The molecule has 0 radical (unpaired) electrons. The Balaban J connectivity index is 1.63. The van der Waals surface area contributed by atoms with Gasteiger partial charge in [-0.05, 0) is 64.0 Å². The second kappa shape index (κ2) is 8.71. The number of urea groups is 1. The van der Waals surface area contributed by atoms with Crippen molar-refractivity contribution in [3.8, 4) is 22.5 Å². The van der Waals surface area contributed by atoms with E-state index in [4.69, 9.17) is 34.8 Å². The predicted octanol–water partition coefficient (Wildman–Crippen LogP) is 6.14. The Labute approximate surface area is 186 Å². The maximum atomic E-state index is 12.5. The topological polar surface area (TPSA) is 95.6 Å². The van der Waals surface area contributed by atoms with Crippen LogP contribution in [0.3, 0.4) is 0 Å². The van der Waals surface area contributed by atoms with E-state index in [-0.39, 0.29) is 0 Å². The van der Waals surface area contributed by atoms with E-state index in [0.717, 1.165) is 11.1 Å². The molecule has 0 fully saturated rings. The molecule has 0 atom stereocenters. The van der Waals surface area contributed by atoms with Crippen molar-refractivity contribution in [3.63, 3.8) is 0 Å². The van der Waals surface area contributed by atoms with Gasteiger partial charge in [-0.1, -0.05) is 53.0 Å². The van der Waals surface area contributed by atoms with Crippen molar-refractivity contribution in [2.24, 2.45) is 0 Å². The van der Waals surface area contributed by atoms with Crippen LogP contribution in [0.4, 0.5) is 16.2 Å². The van der Waals surface area contributed by atoms with E-state index in [0.29, 0.717) is 37.8 Å². The van der Waals surface area contributed by atoms with E-state index in [2.05, 4.69) is 31.3 Å². The quantitative estimate of drug-likeness (QED) is 0.342. The molecule has 30 heavy (non-hydrogen) atoms. The maximum absolute atomic E-state index is 12.5. The molecule has 0 saturated carbocycles. The predicted molar refractivity (Wildman–Crippen MR) is 119 cm³/mol. The van der Waals surface area contributed by atoms with E-state index in [1.165, 1.54) is 0 Å². The van der Waals surface area contributed by atoms with Crippen LogP contribution in [-0.2, 0) is 0 Å². The van der Waals surface area contributed by atoms with Gasteiger partial charge in [-0.2, -0.15) is 0 Å². The lowest BCUT2D eigenvalue weighted by molar-refractivity contribution is 0.262. The second-order valence-electron chi connectivity index (χ2n) is 6.25. The summed E-state index contributed by atoms with van der Waals surface area (Å²) in [5, 5.41) is 20.9. The number of hydrogen-bond donors (Lipinski definition) is 3. The molecular weight excluding hydrogens is 447 g/mol. The summed E-state index contributed by atoms with van der Waals surface area (Å²) in [5.74, 6) is 0.409. The van der Waals surface area contributed by atoms with Gasteiger partial charge in [0.1, 0.15) is 0 Å². The van der Waals surface area contributed by atoms with Crippen LogP contribution in [-0.4, -0.2) is 26.7 Å². The smallest absolute Gasteiger partial charge is 0.308 e. The van der Waals surface area contributed by atoms with Crippen molar-refractivity contribution in [2.45, 2.75) is 0 Å². The number of aromatic amines is 1. The van der Waals surface area contributed by atoms with Gasteiger partial charge in [0, 0.05) is 26.3 Å². The molecule has 0 aliphatic rings. The first-order valence-corrected chi connectivity index (χ1v) is 9.79. The lowest BCUT2D eigenvalue weighted by atomic mass is 10.0. The molecule has 0 aliphatic heterocycles. The van der Waals surface area contributed by atoms with Gasteiger partial charge in [0.2, 0.25) is 0 Å². The summed E-state index contributed by atoms with van der Waals surface area (Å²) in [5.41, 5.74) is 3.46. The third-order valence-corrected chi connectivity index (χ3v) is 4.85. The molecule has 4 rings (SSSR count). The van der Waals surface area contributed by atoms with Gasteiger partial charge in [-0.3, -0.25) is 0 Å². The minimum Gasteiger partial charge on any atom is -0.308 e. The minimum absolute atomic E-state index is 0.409. The molecule has 0 bridgehead atoms. The summed E-state index contributed by atoms with van der Waals surface area (Å²) in [4.78, 5) is 12.5. The summed E-state index contributed by atoms with van der Waals surface area (Å²) < 4.78 is 0. The summed E-state index contributed by atoms with van der Waals surface area (Å²) >= 11 is 17.9. The number of aromatic nitrogens is 4. The van der Waals surface area contributed by atoms with Crippen molar-refractivity contribution >= 4 is 52.2 Å². The van der Waals surface area contributed by atoms with E-state index < -0.39 is 6.03 Å². The lowest BCUT2D eigenvalue weighted by Crippen LogP contribution is -2.20. The van der Waals surface area contributed by atoms with Gasteiger partial charge in [0.05, 0.1) is 5.69 Å². The second-order valence-corrected chi connectivity index (χ2v) is 7.56. The summed E-state index contributed by atoms with van der Waals surface area (Å²) in [6, 6.07) is 17.2. The van der Waals surface area contributed by atoms with Crippen LogP contribution >= 0.6 is 34.8 Å². The van der Waals surface area contributed by atoms with Crippen LogP contribution in [0.2, 0.25) is 15.1 Å². The van der Waals surface area contributed by atoms with Crippen molar-refractivity contribution in [2.75, 3.05) is 10.6 Å². The van der Waals surface area contributed by atoms with Gasteiger partial charge >= 0.3 is 6.03 Å². The number of nitrogens with one attached hydrogen (secondary N) is 3. The monoisotopic (exact) mass is 458 g/mol. The third-order valence-electron chi connectivity index (χ3n) is 4.17. The van der Waals surface area contributed by atoms with E-state index >= 15 is 0 Å². The Morgan fingerprint density at radius 1 is 0.800 bits per heavy atom. The van der Waals surface area contributed by atoms with E-state index in [9.17, 15) is 4.79 Å². The van der Waals surface area contributed by atoms with Gasteiger partial charge in [0.15, 0.2) is 5.82 Å². The molecular formula is C20H13Cl3N6O. The Morgan fingerprint density at radius 3 is 2.17 bits per heavy atom. The molecule has 10 heteroatoms. The molecule has 7 nitrogen and oxygen atoms in total. The number of hydrogen-bond acceptors (Lipinski definition) is 4. The van der Waals surface area contributed by atoms with Crippen LogP contribution in [0.25, 0.3) is 22.5 Å². The fourth-order valence-corrected chi connectivity index (χ4v) is 3.51. The molecule has 1 heterocycles. The highest BCUT2D eigenvalue weighted by atomic mass is 35.5. The number of H-pyrrole nitrogens is 1. The zero-order chi connectivity index (χ0) is 21.1. The normalized spacial score (nSPS) is 10.6. The fourth-order valence-electron chi connectivity index (χ4n) is 2.85. The van der Waals surface area contributed by atoms with Crippen molar-refractivity contribution in [1.82, 2.24) is 20.6 Å². The first kappa shape index (κ1) is 20.2. The minimum atomic E-state index is -0.471. The van der Waals surface area contributed by atoms with Crippen LogP contribution in [0.5, 0.6) is 0 Å². The van der Waals surface area contributed by atoms with Crippen molar-refractivity contribution in [3.05, 3.63) is 75.7 Å². The molecule has 0 spiro atoms. The molecule has 0 saturated heterocycles. The van der Waals surface area contributed by atoms with Crippen molar-refractivity contribution in [1.29, 1.82) is 0 Å². The highest BCUT2D eigenvalue weighted by Gasteiger charge is 2.14. The average molecular weight is 460 g/mol. The average Bonchev–Trinajstić information content (AvgIpc) is 3.23. The molecule has 4 aromatic rings. The molecule has 1 aromatic heterocycles. The third kappa shape index (κ3) is 4.71. The van der Waals surface area contributed by atoms with Crippen LogP contribution < -0.4 is 10.6 Å². The zero-order valence-electron chi connectivity index (χ0n) is 15.2. The molecule has 0 aliphatic carbocycles. The van der Waals surface area contributed by atoms with Crippen LogP contribution in [0.1, 0.15) is 0 Å². The van der Waals surface area contributed by atoms with Gasteiger partial charge < -0.3 is 10.6 Å². The van der Waals surface area contributed by atoms with Crippen LogP contribution in [0, 0.1) is 0 Å². The lowest BCUT2D eigenvalue weighted by Gasteiger charge is -2.13. The van der Waals surface area contributed by atoms with E-state index in [1.807, 2.05) is 36.4 Å². The Hall–Kier alpha value is -3.13. The number of rotatable bonds is 4. The van der Waals surface area contributed by atoms with Crippen molar-refractivity contribution < 1.29 is 4.79 Å². The maximum Gasteiger partial charge on any atom is 0.323 e. The zero-order valence-corrected chi connectivity index (χ0v) is 17.4. The highest BCUT2D eigenvalue weighted by Crippen LogP contribution is 2.31. The van der Waals surface area contributed by atoms with Gasteiger partial charge in [0.25, 0.3) is 0 Å². The van der Waals surface area contributed by atoms with Crippen LogP contribution in [0.15, 0.2) is 60.7 Å². The summed E-state index contributed by atoms with van der Waals surface area (Å²) in [6.07, 6.45) is 0. The Kier molecular flexibility index (Phi) is 5.85. The summed E-state index contributed by atoms with van der Waals surface area (Å²) in [7, 11) is 0. The van der Waals surface area contributed by atoms with E-state index in [1.54, 1.807) is 24.3 Å². The Morgan fingerprint density at radius 2 is 1.50 bits per heavy atom. The van der Waals surface area contributed by atoms with Gasteiger partial charge in [-0.15, -0.1) is 5.10 Å². The Bertz CT molecular complexity index is 1180. The SMILES string of the molecule is O=C(Nc1cc(Cl)cc(Cl)c1)Nc1ccc(-c2ccc(Cl)cc2)cc1-c1nnn[nH]1. The number of amides is 2. The van der Waals surface area contributed by atoms with Gasteiger partial charge in [-0.25, -0.2) is 9.89 Å². The standard InChI is InChI=1S/C20H13Cl3N6O/c21-13-4-1-11(2-5-13)12-3-6-18(17(7-12)19-26-28-29-27-19)25-20(30)24-16-9-14(22)8-15(23)10-16/h1-10H,(H2,24,25,30)(H,26,27,28,29). The number of tetrazole rings is 1. The molecule has 0 unspecified atom stereocenters. The summed E-state index contributed by atoms with van der Waals surface area (Å²) in [6.45, 7) is 0. The highest BCUT2D eigenvalue weighted by molar-refractivity contribution is 6.35. The fraction of sp³-hybridized carbons (Fsp3) is 0. The first-order chi connectivity index (χ1) is 14.5. The number of halogens is 3. The largest absolute Gasteiger partial charge is 0.323 e. The number of anilines is 2. The molecule has 2 amide bonds. The number of benzene rings is 3. The molecule has 3 N–H and O–H groups in total. The number of nitrogens with zero attached hydrogens (tertiary/aromatic N) is 3. The molecule has 3 aromatic carbocycles. The first-order valence-electron chi connectivity index (χ1n) is 8.66.